The van der Waals surface area contributed by atoms with E-state index in [1.54, 1.807) is 0 Å². The number of halogens is 4. The van der Waals surface area contributed by atoms with Crippen molar-refractivity contribution < 1.29 is 18.0 Å². The van der Waals surface area contributed by atoms with Gasteiger partial charge in [-0.3, -0.25) is 4.79 Å². The molecule has 0 spiro atoms. The first kappa shape index (κ1) is 14.0. The fourth-order valence-corrected chi connectivity index (χ4v) is 1.48. The van der Waals surface area contributed by atoms with Crippen LogP contribution in [0.2, 0.25) is 0 Å². The average Bonchev–Trinajstić information content (AvgIpc) is 2.29. The first-order valence-corrected chi connectivity index (χ1v) is 5.46. The van der Waals surface area contributed by atoms with Gasteiger partial charge in [-0.15, -0.1) is 0 Å². The number of nitrogens with one attached hydrogen (secondary N) is 1. The maximum absolute atomic E-state index is 12.9. The minimum Gasteiger partial charge on any atom is -0.346 e. The third-order valence-electron chi connectivity index (χ3n) is 1.98. The van der Waals surface area contributed by atoms with E-state index in [1.165, 1.54) is 6.07 Å². The van der Waals surface area contributed by atoms with Gasteiger partial charge in [0.1, 0.15) is 5.82 Å². The highest BCUT2D eigenvalue weighted by atomic mass is 79.9. The molecule has 3 nitrogen and oxygen atoms in total. The topological polar surface area (TPSA) is 55.1 Å². The summed E-state index contributed by atoms with van der Waals surface area (Å²) in [5, 5.41) is 1.99. The van der Waals surface area contributed by atoms with Crippen LogP contribution in [0.4, 0.5) is 13.2 Å². The molecule has 1 rings (SSSR count). The molecule has 0 atom stereocenters. The highest BCUT2D eigenvalue weighted by Crippen LogP contribution is 2.18. The molecule has 1 aromatic rings. The van der Waals surface area contributed by atoms with Gasteiger partial charge in [-0.05, 0) is 34.1 Å². The molecule has 17 heavy (non-hydrogen) atoms. The second-order valence-corrected chi connectivity index (χ2v) is 4.22. The molecule has 0 heterocycles. The zero-order valence-corrected chi connectivity index (χ0v) is 10.2. The van der Waals surface area contributed by atoms with Gasteiger partial charge in [0.15, 0.2) is 0 Å². The van der Waals surface area contributed by atoms with Gasteiger partial charge in [-0.2, -0.15) is 0 Å². The molecule has 1 amide bonds. The average molecular weight is 311 g/mol. The largest absolute Gasteiger partial charge is 0.346 e. The molecule has 0 saturated heterocycles. The van der Waals surface area contributed by atoms with Gasteiger partial charge in [0.2, 0.25) is 0 Å². The van der Waals surface area contributed by atoms with E-state index < -0.39 is 30.7 Å². The SMILES string of the molecule is NCC(F)(F)CNC(=O)c1cc(F)ccc1Br. The Bertz CT molecular complexity index is 426. The van der Waals surface area contributed by atoms with Crippen molar-refractivity contribution in [2.75, 3.05) is 13.1 Å². The number of benzene rings is 1. The second-order valence-electron chi connectivity index (χ2n) is 3.37. The van der Waals surface area contributed by atoms with Gasteiger partial charge in [0.05, 0.1) is 18.7 Å². The lowest BCUT2D eigenvalue weighted by Gasteiger charge is -2.14. The van der Waals surface area contributed by atoms with Crippen LogP contribution in [-0.2, 0) is 0 Å². The van der Waals surface area contributed by atoms with E-state index in [2.05, 4.69) is 15.9 Å². The van der Waals surface area contributed by atoms with Gasteiger partial charge in [-0.1, -0.05) is 0 Å². The predicted octanol–water partition coefficient (Wildman–Crippen LogP) is 1.91. The van der Waals surface area contributed by atoms with Gasteiger partial charge in [0.25, 0.3) is 11.8 Å². The van der Waals surface area contributed by atoms with Crippen LogP contribution in [-0.4, -0.2) is 24.9 Å². The lowest BCUT2D eigenvalue weighted by Crippen LogP contribution is -2.41. The number of rotatable bonds is 4. The molecule has 0 unspecified atom stereocenters. The first-order chi connectivity index (χ1) is 7.85. The quantitative estimate of drug-likeness (QED) is 0.892. The number of amides is 1. The van der Waals surface area contributed by atoms with E-state index in [0.717, 1.165) is 12.1 Å². The molecule has 0 fully saturated rings. The summed E-state index contributed by atoms with van der Waals surface area (Å²) in [5.41, 5.74) is 4.77. The predicted molar refractivity (Wildman–Crippen MR) is 60.4 cm³/mol. The van der Waals surface area contributed by atoms with Crippen LogP contribution >= 0.6 is 15.9 Å². The zero-order chi connectivity index (χ0) is 13.1. The Balaban J connectivity index is 2.74. The monoisotopic (exact) mass is 310 g/mol. The third-order valence-corrected chi connectivity index (χ3v) is 2.67. The Morgan fingerprint density at radius 3 is 2.71 bits per heavy atom. The van der Waals surface area contributed by atoms with E-state index >= 15 is 0 Å². The molecule has 0 bridgehead atoms. The Morgan fingerprint density at radius 1 is 1.47 bits per heavy atom. The summed E-state index contributed by atoms with van der Waals surface area (Å²) >= 11 is 3.03. The standard InChI is InChI=1S/C10H10BrF3N2O/c11-8-2-1-6(12)3-7(8)9(17)16-5-10(13,14)4-15/h1-3H,4-5,15H2,(H,16,17). The summed E-state index contributed by atoms with van der Waals surface area (Å²) in [4.78, 5) is 11.5. The van der Waals surface area contributed by atoms with Crippen LogP contribution in [0, 0.1) is 5.82 Å². The minimum absolute atomic E-state index is 0.0437. The van der Waals surface area contributed by atoms with Crippen LogP contribution < -0.4 is 11.1 Å². The number of hydrogen-bond acceptors (Lipinski definition) is 2. The molecule has 1 aromatic carbocycles. The van der Waals surface area contributed by atoms with Gasteiger partial charge in [0, 0.05) is 4.47 Å². The van der Waals surface area contributed by atoms with Gasteiger partial charge in [-0.25, -0.2) is 13.2 Å². The van der Waals surface area contributed by atoms with Gasteiger partial charge >= 0.3 is 0 Å². The molecule has 0 aliphatic carbocycles. The number of hydrogen-bond donors (Lipinski definition) is 2. The molecular formula is C10H10BrF3N2O. The maximum atomic E-state index is 12.9. The Labute approximate surface area is 104 Å². The summed E-state index contributed by atoms with van der Waals surface area (Å²) in [5.74, 6) is -4.58. The third kappa shape index (κ3) is 4.01. The van der Waals surface area contributed by atoms with Crippen molar-refractivity contribution in [1.82, 2.24) is 5.32 Å². The van der Waals surface area contributed by atoms with E-state index in [-0.39, 0.29) is 5.56 Å². The molecule has 7 heteroatoms. The second kappa shape index (κ2) is 5.50. The summed E-state index contributed by atoms with van der Waals surface area (Å²) in [7, 11) is 0. The van der Waals surface area contributed by atoms with E-state index in [1.807, 2.05) is 5.32 Å². The van der Waals surface area contributed by atoms with E-state index in [0.29, 0.717) is 4.47 Å². The van der Waals surface area contributed by atoms with Crippen LogP contribution in [0.5, 0.6) is 0 Å². The van der Waals surface area contributed by atoms with Crippen LogP contribution in [0.1, 0.15) is 10.4 Å². The molecule has 0 aliphatic heterocycles. The van der Waals surface area contributed by atoms with Crippen molar-refractivity contribution >= 4 is 21.8 Å². The minimum atomic E-state index is -3.17. The summed E-state index contributed by atoms with van der Waals surface area (Å²) in [6.07, 6.45) is 0. The molecule has 0 saturated carbocycles. The zero-order valence-electron chi connectivity index (χ0n) is 8.64. The fourth-order valence-electron chi connectivity index (χ4n) is 1.05. The Kier molecular flexibility index (Phi) is 4.53. The fraction of sp³-hybridized carbons (Fsp3) is 0.300. The lowest BCUT2D eigenvalue weighted by atomic mass is 10.2. The summed E-state index contributed by atoms with van der Waals surface area (Å²) in [6, 6.07) is 3.43. The first-order valence-electron chi connectivity index (χ1n) is 4.67. The molecule has 0 aromatic heterocycles. The highest BCUT2D eigenvalue weighted by molar-refractivity contribution is 9.10. The Morgan fingerprint density at radius 2 is 2.12 bits per heavy atom. The normalized spacial score (nSPS) is 11.4. The van der Waals surface area contributed by atoms with Gasteiger partial charge < -0.3 is 11.1 Å². The number of carbonyl (C=O) groups is 1. The molecule has 0 radical (unpaired) electrons. The van der Waals surface area contributed by atoms with Crippen molar-refractivity contribution in [1.29, 1.82) is 0 Å². The van der Waals surface area contributed by atoms with Crippen molar-refractivity contribution in [3.63, 3.8) is 0 Å². The van der Waals surface area contributed by atoms with Crippen molar-refractivity contribution in [2.24, 2.45) is 5.73 Å². The molecule has 94 valence electrons. The Hall–Kier alpha value is -1.08. The summed E-state index contributed by atoms with van der Waals surface area (Å²) < 4.78 is 38.8. The molecule has 3 N–H and O–H groups in total. The van der Waals surface area contributed by atoms with Crippen molar-refractivity contribution in [2.45, 2.75) is 5.92 Å². The van der Waals surface area contributed by atoms with E-state index in [9.17, 15) is 18.0 Å². The highest BCUT2D eigenvalue weighted by Gasteiger charge is 2.27. The number of nitrogens with two attached hydrogens (primary N) is 1. The number of alkyl halides is 2. The van der Waals surface area contributed by atoms with Crippen molar-refractivity contribution in [3.8, 4) is 0 Å². The van der Waals surface area contributed by atoms with Crippen LogP contribution in [0.15, 0.2) is 22.7 Å². The maximum Gasteiger partial charge on any atom is 0.277 e. The summed E-state index contributed by atoms with van der Waals surface area (Å²) in [6.45, 7) is -1.75. The van der Waals surface area contributed by atoms with Crippen LogP contribution in [0.25, 0.3) is 0 Å². The molecular weight excluding hydrogens is 301 g/mol. The lowest BCUT2D eigenvalue weighted by molar-refractivity contribution is 0.0118. The molecule has 0 aliphatic rings. The van der Waals surface area contributed by atoms with Crippen molar-refractivity contribution in [3.05, 3.63) is 34.1 Å². The number of carbonyl (C=O) groups excluding carboxylic acids is 1. The van der Waals surface area contributed by atoms with Crippen LogP contribution in [0.3, 0.4) is 0 Å². The smallest absolute Gasteiger partial charge is 0.277 e. The van der Waals surface area contributed by atoms with E-state index in [4.69, 9.17) is 5.73 Å².